The van der Waals surface area contributed by atoms with Crippen molar-refractivity contribution in [2.45, 2.75) is 19.8 Å². The molecule has 6 nitrogen and oxygen atoms in total. The number of para-hydroxylation sites is 1. The number of hydrogen-bond acceptors (Lipinski definition) is 4. The number of aryl methyl sites for hydroxylation is 1. The number of Topliss-reactive ketones (excluding diaryl/α,β-unsaturated/α-hetero) is 1. The second-order valence-corrected chi connectivity index (χ2v) is 7.28. The summed E-state index contributed by atoms with van der Waals surface area (Å²) in [5, 5.41) is 10.1. The number of carbonyl (C=O) groups is 2. The Bertz CT molecular complexity index is 1010. The van der Waals surface area contributed by atoms with Crippen LogP contribution in [0.2, 0.25) is 0 Å². The van der Waals surface area contributed by atoms with E-state index in [2.05, 4.69) is 15.5 Å². The average molecular weight is 408 g/mol. The summed E-state index contributed by atoms with van der Waals surface area (Å²) in [5.41, 5.74) is 3.67. The van der Waals surface area contributed by atoms with E-state index in [1.807, 2.05) is 18.0 Å². The maximum atomic E-state index is 13.0. The SMILES string of the molecule is CC(=O)c1ccccc1NC(=O)CN(C)CCCc1cc(-c2ccc(F)cc2)n[nH]1. The Hall–Kier alpha value is -3.32. The molecule has 0 aliphatic rings. The van der Waals surface area contributed by atoms with Crippen LogP contribution >= 0.6 is 0 Å². The number of halogens is 1. The van der Waals surface area contributed by atoms with Gasteiger partial charge in [-0.3, -0.25) is 19.6 Å². The molecule has 156 valence electrons. The van der Waals surface area contributed by atoms with Crippen LogP contribution in [-0.4, -0.2) is 46.9 Å². The predicted molar refractivity (Wildman–Crippen MR) is 115 cm³/mol. The summed E-state index contributed by atoms with van der Waals surface area (Å²) in [7, 11) is 1.88. The number of benzene rings is 2. The quantitative estimate of drug-likeness (QED) is 0.526. The molecule has 0 aliphatic heterocycles. The summed E-state index contributed by atoms with van der Waals surface area (Å²) in [6, 6.07) is 15.2. The van der Waals surface area contributed by atoms with Crippen LogP contribution in [0.3, 0.4) is 0 Å². The van der Waals surface area contributed by atoms with E-state index in [4.69, 9.17) is 0 Å². The van der Waals surface area contributed by atoms with Crippen LogP contribution in [0.1, 0.15) is 29.4 Å². The smallest absolute Gasteiger partial charge is 0.238 e. The molecule has 3 aromatic rings. The van der Waals surface area contributed by atoms with Crippen molar-refractivity contribution in [1.82, 2.24) is 15.1 Å². The molecule has 2 N–H and O–H groups in total. The number of ketones is 1. The fraction of sp³-hybridized carbons (Fsp3) is 0.261. The summed E-state index contributed by atoms with van der Waals surface area (Å²) < 4.78 is 13.0. The van der Waals surface area contributed by atoms with Gasteiger partial charge in [0, 0.05) is 16.8 Å². The zero-order valence-electron chi connectivity index (χ0n) is 17.1. The van der Waals surface area contributed by atoms with Crippen molar-refractivity contribution in [1.29, 1.82) is 0 Å². The zero-order valence-corrected chi connectivity index (χ0v) is 17.1. The first-order valence-electron chi connectivity index (χ1n) is 9.81. The molecule has 1 amide bonds. The highest BCUT2D eigenvalue weighted by Crippen LogP contribution is 2.19. The largest absolute Gasteiger partial charge is 0.324 e. The highest BCUT2D eigenvalue weighted by atomic mass is 19.1. The molecule has 0 saturated carbocycles. The molecule has 0 aliphatic carbocycles. The van der Waals surface area contributed by atoms with Gasteiger partial charge in [0.15, 0.2) is 5.78 Å². The van der Waals surface area contributed by atoms with E-state index in [1.165, 1.54) is 19.1 Å². The number of nitrogens with one attached hydrogen (secondary N) is 2. The van der Waals surface area contributed by atoms with E-state index in [1.54, 1.807) is 36.4 Å². The Labute approximate surface area is 175 Å². The van der Waals surface area contributed by atoms with Crippen molar-refractivity contribution in [2.24, 2.45) is 0 Å². The van der Waals surface area contributed by atoms with E-state index >= 15 is 0 Å². The normalized spacial score (nSPS) is 10.9. The summed E-state index contributed by atoms with van der Waals surface area (Å²) in [4.78, 5) is 25.9. The van der Waals surface area contributed by atoms with Gasteiger partial charge in [-0.2, -0.15) is 5.10 Å². The van der Waals surface area contributed by atoms with Crippen molar-refractivity contribution in [3.05, 3.63) is 71.7 Å². The standard InChI is InChI=1S/C23H25FN4O2/c1-16(29)20-7-3-4-8-21(20)25-23(30)15-28(2)13-5-6-19-14-22(27-26-19)17-9-11-18(24)12-10-17/h3-4,7-12,14H,5-6,13,15H2,1-2H3,(H,25,30)(H,26,27). The minimum Gasteiger partial charge on any atom is -0.324 e. The van der Waals surface area contributed by atoms with Crippen molar-refractivity contribution >= 4 is 17.4 Å². The molecule has 0 radical (unpaired) electrons. The Kier molecular flexibility index (Phi) is 7.08. The molecule has 30 heavy (non-hydrogen) atoms. The lowest BCUT2D eigenvalue weighted by Gasteiger charge is -2.16. The molecule has 1 aromatic heterocycles. The van der Waals surface area contributed by atoms with Gasteiger partial charge in [0.05, 0.1) is 17.9 Å². The van der Waals surface area contributed by atoms with Gasteiger partial charge in [-0.15, -0.1) is 0 Å². The van der Waals surface area contributed by atoms with Gasteiger partial charge in [0.25, 0.3) is 0 Å². The maximum Gasteiger partial charge on any atom is 0.238 e. The number of carbonyl (C=O) groups excluding carboxylic acids is 2. The van der Waals surface area contributed by atoms with Gasteiger partial charge < -0.3 is 5.32 Å². The third-order valence-electron chi connectivity index (χ3n) is 4.75. The van der Waals surface area contributed by atoms with Crippen LogP contribution < -0.4 is 5.32 Å². The minimum atomic E-state index is -0.272. The number of rotatable bonds is 9. The van der Waals surface area contributed by atoms with E-state index in [9.17, 15) is 14.0 Å². The predicted octanol–water partition coefficient (Wildman–Crippen LogP) is 3.92. The number of nitrogens with zero attached hydrogens (tertiary/aromatic N) is 2. The molecule has 0 bridgehead atoms. The lowest BCUT2D eigenvalue weighted by atomic mass is 10.1. The number of H-pyrrole nitrogens is 1. The van der Waals surface area contributed by atoms with Crippen molar-refractivity contribution in [3.8, 4) is 11.3 Å². The van der Waals surface area contributed by atoms with Crippen molar-refractivity contribution < 1.29 is 14.0 Å². The number of aromatic nitrogens is 2. The Morgan fingerprint density at radius 2 is 1.87 bits per heavy atom. The van der Waals surface area contributed by atoms with Gasteiger partial charge in [0.2, 0.25) is 5.91 Å². The molecule has 0 fully saturated rings. The van der Waals surface area contributed by atoms with Crippen LogP contribution in [-0.2, 0) is 11.2 Å². The Morgan fingerprint density at radius 3 is 2.60 bits per heavy atom. The molecule has 3 rings (SSSR count). The van der Waals surface area contributed by atoms with Crippen LogP contribution in [0.4, 0.5) is 10.1 Å². The van der Waals surface area contributed by atoms with Gasteiger partial charge in [-0.05, 0) is 75.8 Å². The third kappa shape index (κ3) is 5.84. The summed E-state index contributed by atoms with van der Waals surface area (Å²) >= 11 is 0. The molecular formula is C23H25FN4O2. The van der Waals surface area contributed by atoms with E-state index in [-0.39, 0.29) is 24.1 Å². The highest BCUT2D eigenvalue weighted by molar-refractivity contribution is 6.04. The summed E-state index contributed by atoms with van der Waals surface area (Å²) in [6.07, 6.45) is 1.63. The molecule has 0 saturated heterocycles. The van der Waals surface area contributed by atoms with Crippen LogP contribution in [0, 0.1) is 5.82 Å². The van der Waals surface area contributed by atoms with Crippen molar-refractivity contribution in [3.63, 3.8) is 0 Å². The van der Waals surface area contributed by atoms with E-state index < -0.39 is 0 Å². The van der Waals surface area contributed by atoms with Gasteiger partial charge in [0.1, 0.15) is 5.82 Å². The highest BCUT2D eigenvalue weighted by Gasteiger charge is 2.12. The molecule has 2 aromatic carbocycles. The zero-order chi connectivity index (χ0) is 21.5. The van der Waals surface area contributed by atoms with Gasteiger partial charge >= 0.3 is 0 Å². The maximum absolute atomic E-state index is 13.0. The van der Waals surface area contributed by atoms with E-state index in [0.717, 1.165) is 36.3 Å². The average Bonchev–Trinajstić information content (AvgIpc) is 3.17. The van der Waals surface area contributed by atoms with Crippen LogP contribution in [0.15, 0.2) is 54.6 Å². The monoisotopic (exact) mass is 408 g/mol. The lowest BCUT2D eigenvalue weighted by molar-refractivity contribution is -0.117. The topological polar surface area (TPSA) is 78.1 Å². The van der Waals surface area contributed by atoms with Gasteiger partial charge in [-0.1, -0.05) is 12.1 Å². The first kappa shape index (κ1) is 21.4. The van der Waals surface area contributed by atoms with Crippen LogP contribution in [0.25, 0.3) is 11.3 Å². The number of hydrogen-bond donors (Lipinski definition) is 2. The minimum absolute atomic E-state index is 0.0844. The van der Waals surface area contributed by atoms with Crippen LogP contribution in [0.5, 0.6) is 0 Å². The molecule has 0 unspecified atom stereocenters. The van der Waals surface area contributed by atoms with E-state index in [0.29, 0.717) is 11.3 Å². The molecule has 0 spiro atoms. The summed E-state index contributed by atoms with van der Waals surface area (Å²) in [6.45, 7) is 2.44. The number of anilines is 1. The Balaban J connectivity index is 1.45. The number of likely N-dealkylation sites (N-methyl/N-ethyl adjacent to an activating group) is 1. The molecule has 1 heterocycles. The van der Waals surface area contributed by atoms with Gasteiger partial charge in [-0.25, -0.2) is 4.39 Å². The molecular weight excluding hydrogens is 383 g/mol. The lowest BCUT2D eigenvalue weighted by Crippen LogP contribution is -2.31. The second kappa shape index (κ2) is 9.93. The first-order chi connectivity index (χ1) is 14.4. The number of aromatic amines is 1. The molecule has 0 atom stereocenters. The third-order valence-corrected chi connectivity index (χ3v) is 4.75. The number of amides is 1. The first-order valence-corrected chi connectivity index (χ1v) is 9.81. The summed E-state index contributed by atoms with van der Waals surface area (Å²) in [5.74, 6) is -0.517. The fourth-order valence-electron chi connectivity index (χ4n) is 3.21. The fourth-order valence-corrected chi connectivity index (χ4v) is 3.21. The second-order valence-electron chi connectivity index (χ2n) is 7.28. The van der Waals surface area contributed by atoms with Crippen molar-refractivity contribution in [2.75, 3.05) is 25.5 Å². The molecule has 7 heteroatoms. The Morgan fingerprint density at radius 1 is 1.13 bits per heavy atom.